The fourth-order valence-electron chi connectivity index (χ4n) is 2.88. The van der Waals surface area contributed by atoms with Crippen LogP contribution in [0.3, 0.4) is 0 Å². The first kappa shape index (κ1) is 16.0. The normalized spacial score (nSPS) is 20.4. The Morgan fingerprint density at radius 3 is 2.73 bits per heavy atom. The summed E-state index contributed by atoms with van der Waals surface area (Å²) >= 11 is 12.2. The maximum absolute atomic E-state index is 12.9. The molecule has 0 radical (unpaired) electrons. The molecule has 1 fully saturated rings. The predicted molar refractivity (Wildman–Crippen MR) is 89.0 cm³/mol. The fraction of sp³-hybridized carbons (Fsp3) is 0.400. The van der Waals surface area contributed by atoms with Gasteiger partial charge in [0.05, 0.1) is 9.92 Å². The first-order valence-electron chi connectivity index (χ1n) is 7.17. The molecule has 0 aliphatic carbocycles. The van der Waals surface area contributed by atoms with Crippen LogP contribution in [0.2, 0.25) is 10.2 Å². The Balaban J connectivity index is 2.11. The summed E-state index contributed by atoms with van der Waals surface area (Å²) in [7, 11) is -3.53. The predicted octanol–water partition coefficient (Wildman–Crippen LogP) is 4.10. The van der Waals surface area contributed by atoms with Gasteiger partial charge in [-0.15, -0.1) is 0 Å². The summed E-state index contributed by atoms with van der Waals surface area (Å²) in [4.78, 5) is 4.22. The van der Waals surface area contributed by atoms with Crippen LogP contribution < -0.4 is 0 Å². The van der Waals surface area contributed by atoms with E-state index in [4.69, 9.17) is 23.2 Å². The van der Waals surface area contributed by atoms with Crippen LogP contribution in [-0.4, -0.2) is 30.3 Å². The number of halogens is 2. The van der Waals surface area contributed by atoms with E-state index in [0.717, 1.165) is 19.3 Å². The average molecular weight is 359 g/mol. The Hall–Kier alpha value is -0.880. The number of hydrogen-bond donors (Lipinski definition) is 0. The van der Waals surface area contributed by atoms with Crippen molar-refractivity contribution < 1.29 is 8.42 Å². The molecule has 0 bridgehead atoms. The van der Waals surface area contributed by atoms with E-state index < -0.39 is 10.0 Å². The lowest BCUT2D eigenvalue weighted by Gasteiger charge is -2.32. The summed E-state index contributed by atoms with van der Waals surface area (Å²) in [6.07, 6.45) is 4.32. The summed E-state index contributed by atoms with van der Waals surface area (Å²) in [6, 6.07) is 4.85. The number of fused-ring (bicyclic) bond motifs is 1. The molecule has 118 valence electrons. The molecule has 2 heterocycles. The molecule has 22 heavy (non-hydrogen) atoms. The number of aromatic nitrogens is 1. The lowest BCUT2D eigenvalue weighted by Crippen LogP contribution is -2.41. The molecule has 7 heteroatoms. The van der Waals surface area contributed by atoms with Gasteiger partial charge in [0.15, 0.2) is 0 Å². The molecule has 1 saturated heterocycles. The molecule has 1 aromatic carbocycles. The molecule has 3 rings (SSSR count). The SMILES string of the molecule is C[C@H]1CCCCN1S(=O)(=O)c1ccc2c(Cl)cnc(Cl)c2c1. The van der Waals surface area contributed by atoms with Crippen molar-refractivity contribution >= 4 is 44.0 Å². The van der Waals surface area contributed by atoms with Gasteiger partial charge in [0.1, 0.15) is 5.15 Å². The van der Waals surface area contributed by atoms with Crippen LogP contribution in [0, 0.1) is 0 Å². The van der Waals surface area contributed by atoms with Gasteiger partial charge in [-0.3, -0.25) is 0 Å². The number of nitrogens with zero attached hydrogens (tertiary/aromatic N) is 2. The van der Waals surface area contributed by atoms with E-state index >= 15 is 0 Å². The zero-order valence-electron chi connectivity index (χ0n) is 12.1. The van der Waals surface area contributed by atoms with Crippen LogP contribution in [-0.2, 0) is 10.0 Å². The third-order valence-electron chi connectivity index (χ3n) is 4.11. The number of benzene rings is 1. The molecule has 0 unspecified atom stereocenters. The number of piperidine rings is 1. The maximum atomic E-state index is 12.9. The van der Waals surface area contributed by atoms with Crippen molar-refractivity contribution in [2.24, 2.45) is 0 Å². The quantitative estimate of drug-likeness (QED) is 0.759. The summed E-state index contributed by atoms with van der Waals surface area (Å²) in [5.41, 5.74) is 0. The fourth-order valence-corrected chi connectivity index (χ4v) is 5.02. The van der Waals surface area contributed by atoms with Gasteiger partial charge in [-0.05, 0) is 31.9 Å². The lowest BCUT2D eigenvalue weighted by molar-refractivity contribution is 0.268. The van der Waals surface area contributed by atoms with Crippen molar-refractivity contribution in [3.05, 3.63) is 34.6 Å². The average Bonchev–Trinajstić information content (AvgIpc) is 2.51. The van der Waals surface area contributed by atoms with Crippen molar-refractivity contribution in [1.82, 2.24) is 9.29 Å². The lowest BCUT2D eigenvalue weighted by atomic mass is 10.1. The van der Waals surface area contributed by atoms with Crippen LogP contribution in [0.4, 0.5) is 0 Å². The molecular formula is C15H16Cl2N2O2S. The molecule has 4 nitrogen and oxygen atoms in total. The molecule has 1 atom stereocenters. The zero-order valence-corrected chi connectivity index (χ0v) is 14.4. The monoisotopic (exact) mass is 358 g/mol. The number of hydrogen-bond acceptors (Lipinski definition) is 3. The number of sulfonamides is 1. The Bertz CT molecular complexity index is 824. The third kappa shape index (κ3) is 2.71. The second-order valence-electron chi connectivity index (χ2n) is 5.56. The smallest absolute Gasteiger partial charge is 0.242 e. The van der Waals surface area contributed by atoms with Crippen LogP contribution in [0.15, 0.2) is 29.3 Å². The Labute approximate surface area is 140 Å². The van der Waals surface area contributed by atoms with Crippen LogP contribution in [0.5, 0.6) is 0 Å². The van der Waals surface area contributed by atoms with E-state index in [1.54, 1.807) is 22.5 Å². The highest BCUT2D eigenvalue weighted by Crippen LogP contribution is 2.32. The van der Waals surface area contributed by atoms with E-state index in [-0.39, 0.29) is 16.1 Å². The Morgan fingerprint density at radius 2 is 2.00 bits per heavy atom. The van der Waals surface area contributed by atoms with Crippen LogP contribution >= 0.6 is 23.2 Å². The third-order valence-corrected chi connectivity index (χ3v) is 6.72. The highest BCUT2D eigenvalue weighted by atomic mass is 35.5. The Kier molecular flexibility index (Phi) is 4.34. The van der Waals surface area contributed by atoms with E-state index in [0.29, 0.717) is 22.3 Å². The largest absolute Gasteiger partial charge is 0.243 e. The van der Waals surface area contributed by atoms with Crippen molar-refractivity contribution in [3.8, 4) is 0 Å². The highest BCUT2D eigenvalue weighted by Gasteiger charge is 2.31. The standard InChI is InChI=1S/C15H16Cl2N2O2S/c1-10-4-2-3-7-19(10)22(20,21)11-5-6-12-13(8-11)15(17)18-9-14(12)16/h5-6,8-10H,2-4,7H2,1H3/t10-/m0/s1. The molecule has 1 aliphatic heterocycles. The molecule has 2 aromatic rings. The van der Waals surface area contributed by atoms with E-state index in [1.165, 1.54) is 6.20 Å². The Morgan fingerprint density at radius 1 is 1.23 bits per heavy atom. The second kappa shape index (κ2) is 5.96. The molecule has 0 spiro atoms. The highest BCUT2D eigenvalue weighted by molar-refractivity contribution is 7.89. The zero-order chi connectivity index (χ0) is 15.9. The van der Waals surface area contributed by atoms with E-state index in [1.807, 2.05) is 6.92 Å². The summed E-state index contributed by atoms with van der Waals surface area (Å²) in [6.45, 7) is 2.51. The second-order valence-corrected chi connectivity index (χ2v) is 8.22. The maximum Gasteiger partial charge on any atom is 0.243 e. The van der Waals surface area contributed by atoms with Gasteiger partial charge in [-0.2, -0.15) is 4.31 Å². The summed E-state index contributed by atoms with van der Waals surface area (Å²) < 4.78 is 27.3. The molecular weight excluding hydrogens is 343 g/mol. The number of rotatable bonds is 2. The van der Waals surface area contributed by atoms with Gasteiger partial charge in [0.2, 0.25) is 10.0 Å². The van der Waals surface area contributed by atoms with Crippen molar-refractivity contribution in [3.63, 3.8) is 0 Å². The minimum atomic E-state index is -3.53. The van der Waals surface area contributed by atoms with Crippen molar-refractivity contribution in [1.29, 1.82) is 0 Å². The molecule has 0 N–H and O–H groups in total. The van der Waals surface area contributed by atoms with Crippen LogP contribution in [0.1, 0.15) is 26.2 Å². The molecule has 0 saturated carbocycles. The minimum absolute atomic E-state index is 0.0161. The topological polar surface area (TPSA) is 50.3 Å². The van der Waals surface area contributed by atoms with Gasteiger partial charge in [0, 0.05) is 29.6 Å². The van der Waals surface area contributed by atoms with Crippen molar-refractivity contribution in [2.75, 3.05) is 6.54 Å². The van der Waals surface area contributed by atoms with Crippen LogP contribution in [0.25, 0.3) is 10.8 Å². The van der Waals surface area contributed by atoms with Gasteiger partial charge in [-0.1, -0.05) is 35.7 Å². The molecule has 1 aromatic heterocycles. The van der Waals surface area contributed by atoms with Gasteiger partial charge >= 0.3 is 0 Å². The summed E-state index contributed by atoms with van der Waals surface area (Å²) in [5.74, 6) is 0. The van der Waals surface area contributed by atoms with Gasteiger partial charge in [0.25, 0.3) is 0 Å². The first-order chi connectivity index (χ1) is 10.4. The number of pyridine rings is 1. The van der Waals surface area contributed by atoms with Crippen molar-refractivity contribution in [2.45, 2.75) is 37.1 Å². The molecule has 0 amide bonds. The van der Waals surface area contributed by atoms with Gasteiger partial charge in [-0.25, -0.2) is 13.4 Å². The first-order valence-corrected chi connectivity index (χ1v) is 9.36. The van der Waals surface area contributed by atoms with E-state index in [2.05, 4.69) is 4.98 Å². The minimum Gasteiger partial charge on any atom is -0.242 e. The summed E-state index contributed by atoms with van der Waals surface area (Å²) in [5, 5.41) is 1.96. The van der Waals surface area contributed by atoms with Gasteiger partial charge < -0.3 is 0 Å². The molecule has 1 aliphatic rings. The van der Waals surface area contributed by atoms with E-state index in [9.17, 15) is 8.42 Å².